The van der Waals surface area contributed by atoms with Crippen LogP contribution in [0.4, 0.5) is 0 Å². The molecule has 240 valence electrons. The summed E-state index contributed by atoms with van der Waals surface area (Å²) in [5, 5.41) is 11.6. The Morgan fingerprint density at radius 1 is 0.500 bits per heavy atom. The lowest BCUT2D eigenvalue weighted by Gasteiger charge is -2.54. The smallest absolute Gasteiger partial charge is 0.192 e. The minimum absolute atomic E-state index is 0.00872. The van der Waals surface area contributed by atoms with Crippen molar-refractivity contribution >= 4 is 33.3 Å². The molecule has 1 saturated heterocycles. The van der Waals surface area contributed by atoms with Crippen LogP contribution in [0, 0.1) is 0 Å². The fraction of sp³-hybridized carbons (Fsp3) is 1.00. The van der Waals surface area contributed by atoms with Crippen LogP contribution in [0.1, 0.15) is 83.1 Å². The molecule has 10 heteroatoms. The van der Waals surface area contributed by atoms with Crippen LogP contribution in [0.2, 0.25) is 72.5 Å². The molecule has 1 rings (SSSR count). The van der Waals surface area contributed by atoms with Crippen LogP contribution in [-0.4, -0.2) is 75.7 Å². The van der Waals surface area contributed by atoms with Crippen LogP contribution < -0.4 is 0 Å². The van der Waals surface area contributed by atoms with Gasteiger partial charge in [-0.25, -0.2) is 0 Å². The lowest BCUT2D eigenvalue weighted by atomic mass is 9.99. The van der Waals surface area contributed by atoms with Crippen molar-refractivity contribution in [3.63, 3.8) is 0 Å². The number of rotatable bonds is 9. The van der Waals surface area contributed by atoms with E-state index in [1.54, 1.807) is 0 Å². The third kappa shape index (κ3) is 9.08. The van der Waals surface area contributed by atoms with Gasteiger partial charge in [-0.1, -0.05) is 83.1 Å². The van der Waals surface area contributed by atoms with Crippen LogP contribution in [0.15, 0.2) is 0 Å². The van der Waals surface area contributed by atoms with Crippen molar-refractivity contribution in [1.29, 1.82) is 0 Å². The highest BCUT2D eigenvalue weighted by atomic mass is 28.4. The van der Waals surface area contributed by atoms with Crippen LogP contribution in [0.5, 0.6) is 0 Å². The molecule has 1 aliphatic rings. The van der Waals surface area contributed by atoms with Gasteiger partial charge in [-0.2, -0.15) is 0 Å². The standard InChI is InChI=1S/C30H68O6Si4/c1-27(2,3)37(13,14)32-21-22-23(34-38(15,16)28(4,5)6)24(35-39(17,18)29(7,8)9)25(26(31)33-22)36-40(19,20)30(10,11)12/h22-26,31H,21H2,1-20H3/t22-,23-,24+,25+,26-/m1/s1. The first-order valence-corrected chi connectivity index (χ1v) is 26.9. The summed E-state index contributed by atoms with van der Waals surface area (Å²) in [5.41, 5.74) is 0. The molecule has 40 heavy (non-hydrogen) atoms. The number of aliphatic hydroxyl groups excluding tert-OH is 1. The molecule has 0 spiro atoms. The second-order valence-corrected chi connectivity index (χ2v) is 37.2. The normalized spacial score (nSPS) is 26.8. The molecule has 0 saturated carbocycles. The average molecular weight is 637 g/mol. The predicted octanol–water partition coefficient (Wildman–Crippen LogP) is 8.90. The fourth-order valence-electron chi connectivity index (χ4n) is 3.49. The summed E-state index contributed by atoms with van der Waals surface area (Å²) in [6, 6.07) is 0. The van der Waals surface area contributed by atoms with Gasteiger partial charge in [-0.05, 0) is 72.5 Å². The van der Waals surface area contributed by atoms with E-state index in [0.29, 0.717) is 6.61 Å². The van der Waals surface area contributed by atoms with Crippen LogP contribution in [0.25, 0.3) is 0 Å². The molecule has 1 fully saturated rings. The van der Waals surface area contributed by atoms with Crippen molar-refractivity contribution in [2.45, 2.75) is 186 Å². The van der Waals surface area contributed by atoms with E-state index in [9.17, 15) is 5.11 Å². The Hall–Kier alpha value is 0.628. The molecule has 1 heterocycles. The van der Waals surface area contributed by atoms with Gasteiger partial charge in [0, 0.05) is 0 Å². The number of ether oxygens (including phenoxy) is 1. The highest BCUT2D eigenvalue weighted by Gasteiger charge is 2.56. The van der Waals surface area contributed by atoms with Gasteiger partial charge < -0.3 is 27.5 Å². The molecule has 0 amide bonds. The second-order valence-electron chi connectivity index (χ2n) is 18.2. The fourth-order valence-corrected chi connectivity index (χ4v) is 8.41. The predicted molar refractivity (Wildman–Crippen MR) is 180 cm³/mol. The molecule has 0 aromatic rings. The first-order valence-electron chi connectivity index (χ1n) is 15.3. The van der Waals surface area contributed by atoms with Gasteiger partial charge in [-0.15, -0.1) is 0 Å². The third-order valence-electron chi connectivity index (χ3n) is 10.7. The average Bonchev–Trinajstić information content (AvgIpc) is 2.67. The van der Waals surface area contributed by atoms with Crippen molar-refractivity contribution in [2.75, 3.05) is 6.61 Å². The zero-order valence-electron chi connectivity index (χ0n) is 30.1. The third-order valence-corrected chi connectivity index (χ3v) is 28.7. The van der Waals surface area contributed by atoms with Crippen molar-refractivity contribution < 1.29 is 27.5 Å². The molecule has 0 aliphatic carbocycles. The van der Waals surface area contributed by atoms with Gasteiger partial charge in [-0.3, -0.25) is 0 Å². The van der Waals surface area contributed by atoms with Crippen LogP contribution in [0.3, 0.4) is 0 Å². The summed E-state index contributed by atoms with van der Waals surface area (Å²) in [6.45, 7) is 45.3. The number of aliphatic hydroxyl groups is 1. The highest BCUT2D eigenvalue weighted by Crippen LogP contribution is 2.46. The molecule has 0 radical (unpaired) electrons. The first-order chi connectivity index (χ1) is 17.3. The van der Waals surface area contributed by atoms with E-state index in [0.717, 1.165) is 0 Å². The van der Waals surface area contributed by atoms with E-state index in [1.165, 1.54) is 0 Å². The van der Waals surface area contributed by atoms with E-state index < -0.39 is 64.0 Å². The topological polar surface area (TPSA) is 66.4 Å². The molecular weight excluding hydrogens is 569 g/mol. The summed E-state index contributed by atoms with van der Waals surface area (Å²) in [7, 11) is -8.93. The maximum absolute atomic E-state index is 11.6. The van der Waals surface area contributed by atoms with Crippen LogP contribution in [-0.2, 0) is 22.4 Å². The van der Waals surface area contributed by atoms with Crippen molar-refractivity contribution in [3.8, 4) is 0 Å². The van der Waals surface area contributed by atoms with Gasteiger partial charge in [0.15, 0.2) is 39.6 Å². The number of hydrogen-bond donors (Lipinski definition) is 1. The molecule has 0 bridgehead atoms. The monoisotopic (exact) mass is 636 g/mol. The number of hydrogen-bond acceptors (Lipinski definition) is 6. The molecule has 6 nitrogen and oxygen atoms in total. The molecule has 5 atom stereocenters. The zero-order valence-corrected chi connectivity index (χ0v) is 34.1. The van der Waals surface area contributed by atoms with Gasteiger partial charge in [0.1, 0.15) is 24.4 Å². The summed E-state index contributed by atoms with van der Waals surface area (Å²) in [4.78, 5) is 0. The van der Waals surface area contributed by atoms with Crippen molar-refractivity contribution in [2.24, 2.45) is 0 Å². The summed E-state index contributed by atoms with van der Waals surface area (Å²) >= 11 is 0. The van der Waals surface area contributed by atoms with Gasteiger partial charge in [0.25, 0.3) is 0 Å². The lowest BCUT2D eigenvalue weighted by Crippen LogP contribution is -2.68. The van der Waals surface area contributed by atoms with Crippen LogP contribution >= 0.6 is 0 Å². The minimum atomic E-state index is -2.30. The highest BCUT2D eigenvalue weighted by molar-refractivity contribution is 6.75. The van der Waals surface area contributed by atoms with E-state index >= 15 is 0 Å². The SMILES string of the molecule is CC(C)(C)[Si](C)(C)OC[C@H]1O[C@@H](O)[C@@H](O[Si](C)(C)C(C)(C)C)[C@@H](O[Si](C)(C)C(C)(C)C)[C@@H]1O[Si](C)(C)C(C)(C)C. The second kappa shape index (κ2) is 12.2. The molecular formula is C30H68O6Si4. The van der Waals surface area contributed by atoms with E-state index in [1.807, 2.05) is 0 Å². The summed E-state index contributed by atoms with van der Waals surface area (Å²) < 4.78 is 34.6. The van der Waals surface area contributed by atoms with E-state index in [4.69, 9.17) is 22.4 Å². The Morgan fingerprint density at radius 3 is 1.12 bits per heavy atom. The quantitative estimate of drug-likeness (QED) is 0.255. The van der Waals surface area contributed by atoms with Gasteiger partial charge in [0.05, 0.1) is 6.61 Å². The van der Waals surface area contributed by atoms with Crippen molar-refractivity contribution in [3.05, 3.63) is 0 Å². The Morgan fingerprint density at radius 2 is 0.800 bits per heavy atom. The van der Waals surface area contributed by atoms with E-state index in [2.05, 4.69) is 135 Å². The summed E-state index contributed by atoms with van der Waals surface area (Å²) in [6.07, 6.45) is -3.13. The molecule has 1 aliphatic heterocycles. The first kappa shape index (κ1) is 38.7. The molecule has 0 unspecified atom stereocenters. The van der Waals surface area contributed by atoms with Crippen molar-refractivity contribution in [1.82, 2.24) is 0 Å². The lowest BCUT2D eigenvalue weighted by molar-refractivity contribution is -0.276. The maximum Gasteiger partial charge on any atom is 0.192 e. The molecule has 1 N–H and O–H groups in total. The molecule has 0 aromatic heterocycles. The maximum atomic E-state index is 11.6. The Bertz CT molecular complexity index is 831. The largest absolute Gasteiger partial charge is 0.414 e. The summed E-state index contributed by atoms with van der Waals surface area (Å²) in [5.74, 6) is 0. The molecule has 0 aromatic carbocycles. The van der Waals surface area contributed by atoms with Gasteiger partial charge in [0.2, 0.25) is 0 Å². The zero-order chi connectivity index (χ0) is 32.1. The van der Waals surface area contributed by atoms with Gasteiger partial charge >= 0.3 is 0 Å². The van der Waals surface area contributed by atoms with E-state index in [-0.39, 0.29) is 20.2 Å². The Balaban J connectivity index is 3.75. The minimum Gasteiger partial charge on any atom is -0.414 e. The Labute approximate surface area is 253 Å². The Kier molecular flexibility index (Phi) is 11.8.